The summed E-state index contributed by atoms with van der Waals surface area (Å²) in [7, 11) is 0. The Bertz CT molecular complexity index is 343. The van der Waals surface area contributed by atoms with Gasteiger partial charge >= 0.3 is 6.18 Å². The van der Waals surface area contributed by atoms with Gasteiger partial charge in [-0.25, -0.2) is 0 Å². The fourth-order valence-corrected chi connectivity index (χ4v) is 1.47. The molecule has 4 heteroatoms. The van der Waals surface area contributed by atoms with E-state index in [2.05, 4.69) is 0 Å². The molecule has 0 aromatic heterocycles. The van der Waals surface area contributed by atoms with Gasteiger partial charge in [0.1, 0.15) is 0 Å². The summed E-state index contributed by atoms with van der Waals surface area (Å²) in [6.07, 6.45) is -4.52. The number of aliphatic hydroxyl groups is 1. The first-order valence-corrected chi connectivity index (χ1v) is 3.86. The van der Waals surface area contributed by atoms with Crippen LogP contribution >= 0.6 is 0 Å². The summed E-state index contributed by atoms with van der Waals surface area (Å²) in [5, 5.41) is 9.11. The van der Waals surface area contributed by atoms with E-state index >= 15 is 0 Å². The van der Waals surface area contributed by atoms with Crippen LogP contribution in [0.15, 0.2) is 18.2 Å². The molecule has 0 spiro atoms. The van der Waals surface area contributed by atoms with Crippen molar-refractivity contribution in [1.82, 2.24) is 0 Å². The lowest BCUT2D eigenvalue weighted by Gasteiger charge is -2.26. The molecule has 1 atom stereocenters. The average Bonchev–Trinajstić information content (AvgIpc) is 2.00. The maximum absolute atomic E-state index is 12.2. The molecule has 1 nitrogen and oxygen atoms in total. The van der Waals surface area contributed by atoms with E-state index in [9.17, 15) is 13.2 Å². The van der Waals surface area contributed by atoms with Gasteiger partial charge in [0.15, 0.2) is 0 Å². The predicted molar refractivity (Wildman–Crippen MR) is 40.1 cm³/mol. The molecule has 0 heterocycles. The normalized spacial score (nSPS) is 20.8. The van der Waals surface area contributed by atoms with Gasteiger partial charge in [-0.3, -0.25) is 0 Å². The summed E-state index contributed by atoms with van der Waals surface area (Å²) in [4.78, 5) is 0. The molecule has 1 N–H and O–H groups in total. The molecular weight excluding hydrogens is 181 g/mol. The fraction of sp³-hybridized carbons (Fsp3) is 0.333. The highest BCUT2D eigenvalue weighted by Gasteiger charge is 2.33. The van der Waals surface area contributed by atoms with E-state index in [0.29, 0.717) is 17.5 Å². The van der Waals surface area contributed by atoms with E-state index in [0.717, 1.165) is 12.1 Å². The van der Waals surface area contributed by atoms with Crippen LogP contribution < -0.4 is 0 Å². The highest BCUT2D eigenvalue weighted by atomic mass is 19.4. The van der Waals surface area contributed by atoms with Gasteiger partial charge in [0.25, 0.3) is 0 Å². The molecule has 1 aromatic rings. The maximum Gasteiger partial charge on any atom is 0.416 e. The summed E-state index contributed by atoms with van der Waals surface area (Å²) in [5.74, 6) is 0. The molecule has 0 radical (unpaired) electrons. The zero-order chi connectivity index (χ0) is 9.64. The van der Waals surface area contributed by atoms with Crippen LogP contribution in [-0.4, -0.2) is 5.11 Å². The van der Waals surface area contributed by atoms with E-state index < -0.39 is 17.8 Å². The van der Waals surface area contributed by atoms with Gasteiger partial charge in [0.05, 0.1) is 11.7 Å². The maximum atomic E-state index is 12.2. The van der Waals surface area contributed by atoms with Crippen LogP contribution in [0.1, 0.15) is 22.8 Å². The van der Waals surface area contributed by atoms with E-state index in [1.165, 1.54) is 6.07 Å². The van der Waals surface area contributed by atoms with Crippen molar-refractivity contribution in [2.75, 3.05) is 0 Å². The standard InChI is InChI=1S/C9H7F3O/c10-9(11,12)6-1-2-7-5(3-6)4-8(7)13/h1-3,8,13H,4H2. The minimum atomic E-state index is -4.28. The number of fused-ring (bicyclic) bond motifs is 1. The Balaban J connectivity index is 2.39. The number of alkyl halides is 3. The van der Waals surface area contributed by atoms with E-state index in [1.807, 2.05) is 0 Å². The number of hydrogen-bond acceptors (Lipinski definition) is 1. The second kappa shape index (κ2) is 2.48. The third-order valence-electron chi connectivity index (χ3n) is 2.24. The molecule has 0 saturated carbocycles. The number of halogens is 3. The Morgan fingerprint density at radius 3 is 2.46 bits per heavy atom. The Kier molecular flexibility index (Phi) is 1.63. The Morgan fingerprint density at radius 1 is 1.31 bits per heavy atom. The Morgan fingerprint density at radius 2 is 2.00 bits per heavy atom. The molecule has 0 fully saturated rings. The molecule has 0 saturated heterocycles. The topological polar surface area (TPSA) is 20.2 Å². The zero-order valence-corrected chi connectivity index (χ0v) is 6.60. The van der Waals surface area contributed by atoms with Gasteiger partial charge in [-0.2, -0.15) is 13.2 Å². The monoisotopic (exact) mass is 188 g/mol. The number of hydrogen-bond donors (Lipinski definition) is 1. The van der Waals surface area contributed by atoms with Crippen LogP contribution in [0.25, 0.3) is 0 Å². The van der Waals surface area contributed by atoms with Crippen molar-refractivity contribution in [3.05, 3.63) is 34.9 Å². The van der Waals surface area contributed by atoms with Crippen molar-refractivity contribution in [3.63, 3.8) is 0 Å². The summed E-state index contributed by atoms with van der Waals surface area (Å²) in [6, 6.07) is 3.44. The van der Waals surface area contributed by atoms with Crippen molar-refractivity contribution in [2.24, 2.45) is 0 Å². The van der Waals surface area contributed by atoms with Crippen molar-refractivity contribution in [3.8, 4) is 0 Å². The van der Waals surface area contributed by atoms with Gasteiger partial charge in [-0.05, 0) is 23.3 Å². The number of rotatable bonds is 0. The summed E-state index contributed by atoms with van der Waals surface area (Å²) in [6.45, 7) is 0. The molecular formula is C9H7F3O. The zero-order valence-electron chi connectivity index (χ0n) is 6.60. The van der Waals surface area contributed by atoms with Crippen LogP contribution in [-0.2, 0) is 12.6 Å². The molecule has 0 aliphatic heterocycles. The van der Waals surface area contributed by atoms with E-state index in [1.54, 1.807) is 0 Å². The van der Waals surface area contributed by atoms with Crippen LogP contribution in [0.4, 0.5) is 13.2 Å². The first-order chi connectivity index (χ1) is 5.98. The van der Waals surface area contributed by atoms with Gasteiger partial charge in [-0.1, -0.05) is 6.07 Å². The lowest BCUT2D eigenvalue weighted by Crippen LogP contribution is -2.18. The van der Waals surface area contributed by atoms with Crippen LogP contribution in [0, 0.1) is 0 Å². The molecule has 1 aliphatic carbocycles. The summed E-state index contributed by atoms with van der Waals surface area (Å²) >= 11 is 0. The van der Waals surface area contributed by atoms with Crippen LogP contribution in [0.5, 0.6) is 0 Å². The predicted octanol–water partition coefficient (Wildman–Crippen LogP) is 2.29. The van der Waals surface area contributed by atoms with Crippen molar-refractivity contribution in [1.29, 1.82) is 0 Å². The van der Waals surface area contributed by atoms with Gasteiger partial charge in [0, 0.05) is 6.42 Å². The fourth-order valence-electron chi connectivity index (χ4n) is 1.47. The van der Waals surface area contributed by atoms with E-state index in [-0.39, 0.29) is 0 Å². The SMILES string of the molecule is OC1Cc2cc(C(F)(F)F)ccc21. The quantitative estimate of drug-likeness (QED) is 0.662. The molecule has 1 aromatic carbocycles. The third-order valence-corrected chi connectivity index (χ3v) is 2.24. The Hall–Kier alpha value is -1.03. The van der Waals surface area contributed by atoms with Crippen molar-refractivity contribution in [2.45, 2.75) is 18.7 Å². The first-order valence-electron chi connectivity index (χ1n) is 3.86. The molecule has 13 heavy (non-hydrogen) atoms. The van der Waals surface area contributed by atoms with E-state index in [4.69, 9.17) is 5.11 Å². The largest absolute Gasteiger partial charge is 0.416 e. The molecule has 70 valence electrons. The van der Waals surface area contributed by atoms with Gasteiger partial charge < -0.3 is 5.11 Å². The highest BCUT2D eigenvalue weighted by Crippen LogP contribution is 2.37. The van der Waals surface area contributed by atoms with Crippen LogP contribution in [0.2, 0.25) is 0 Å². The summed E-state index contributed by atoms with van der Waals surface area (Å²) < 4.78 is 36.5. The molecule has 2 rings (SSSR count). The minimum Gasteiger partial charge on any atom is -0.388 e. The molecule has 1 aliphatic rings. The number of benzene rings is 1. The lowest BCUT2D eigenvalue weighted by atomic mass is 9.84. The van der Waals surface area contributed by atoms with Crippen molar-refractivity contribution < 1.29 is 18.3 Å². The average molecular weight is 188 g/mol. The second-order valence-electron chi connectivity index (χ2n) is 3.13. The molecule has 1 unspecified atom stereocenters. The highest BCUT2D eigenvalue weighted by molar-refractivity contribution is 5.41. The first kappa shape index (κ1) is 8.56. The van der Waals surface area contributed by atoms with Gasteiger partial charge in [0.2, 0.25) is 0 Å². The third kappa shape index (κ3) is 1.31. The molecule has 0 bridgehead atoms. The van der Waals surface area contributed by atoms with Crippen molar-refractivity contribution >= 4 is 0 Å². The minimum absolute atomic E-state index is 0.333. The smallest absolute Gasteiger partial charge is 0.388 e. The summed E-state index contributed by atoms with van der Waals surface area (Å²) in [5.41, 5.74) is 0.577. The van der Waals surface area contributed by atoms with Gasteiger partial charge in [-0.15, -0.1) is 0 Å². The lowest BCUT2D eigenvalue weighted by molar-refractivity contribution is -0.137. The second-order valence-corrected chi connectivity index (χ2v) is 3.13. The molecule has 0 amide bonds. The Labute approximate surface area is 72.8 Å². The van der Waals surface area contributed by atoms with Crippen LogP contribution in [0.3, 0.4) is 0 Å². The number of aliphatic hydroxyl groups excluding tert-OH is 1.